The second-order valence-electron chi connectivity index (χ2n) is 5.76. The van der Waals surface area contributed by atoms with E-state index < -0.39 is 0 Å². The second-order valence-corrected chi connectivity index (χ2v) is 5.76. The van der Waals surface area contributed by atoms with Crippen molar-refractivity contribution in [1.29, 1.82) is 0 Å². The maximum absolute atomic E-state index is 5.38. The van der Waals surface area contributed by atoms with Crippen LogP contribution in [0.15, 0.2) is 22.9 Å². The standard InChI is InChI=1S/C16H20N6O/c1-10-13(11(2)22(5)19-10)8-15-18-16(20-23-15)12-6-7-14(17-9-12)21(3)4/h6-7,9H,8H2,1-5H3. The number of hydrogen-bond donors (Lipinski definition) is 0. The Labute approximate surface area is 135 Å². The van der Waals surface area contributed by atoms with Gasteiger partial charge in [-0.3, -0.25) is 4.68 Å². The number of anilines is 1. The molecule has 0 aromatic carbocycles. The molecule has 0 atom stereocenters. The van der Waals surface area contributed by atoms with Gasteiger partial charge in [0.05, 0.1) is 12.1 Å². The molecule has 3 aromatic heterocycles. The Morgan fingerprint density at radius 1 is 1.22 bits per heavy atom. The zero-order valence-electron chi connectivity index (χ0n) is 14.0. The molecule has 3 aromatic rings. The zero-order chi connectivity index (χ0) is 16.6. The number of rotatable bonds is 4. The molecule has 0 spiro atoms. The maximum atomic E-state index is 5.38. The summed E-state index contributed by atoms with van der Waals surface area (Å²) < 4.78 is 7.25. The first-order valence-electron chi connectivity index (χ1n) is 7.41. The van der Waals surface area contributed by atoms with Gasteiger partial charge in [-0.05, 0) is 26.0 Å². The lowest BCUT2D eigenvalue weighted by Crippen LogP contribution is -2.10. The molecule has 3 heterocycles. The van der Waals surface area contributed by atoms with E-state index in [4.69, 9.17) is 4.52 Å². The van der Waals surface area contributed by atoms with Crippen LogP contribution < -0.4 is 4.90 Å². The van der Waals surface area contributed by atoms with Crippen LogP contribution in [0.2, 0.25) is 0 Å². The predicted octanol–water partition coefficient (Wildman–Crippen LogP) is 2.14. The molecule has 0 amide bonds. The van der Waals surface area contributed by atoms with E-state index >= 15 is 0 Å². The molecular formula is C16H20N6O. The highest BCUT2D eigenvalue weighted by Gasteiger charge is 2.15. The fraction of sp³-hybridized carbons (Fsp3) is 0.375. The molecule has 0 unspecified atom stereocenters. The third kappa shape index (κ3) is 2.94. The lowest BCUT2D eigenvalue weighted by Gasteiger charge is -2.10. The van der Waals surface area contributed by atoms with Crippen LogP contribution in [0.3, 0.4) is 0 Å². The maximum Gasteiger partial charge on any atom is 0.231 e. The van der Waals surface area contributed by atoms with Gasteiger partial charge in [0.2, 0.25) is 11.7 Å². The minimum absolute atomic E-state index is 0.553. The molecule has 0 bridgehead atoms. The van der Waals surface area contributed by atoms with E-state index in [1.165, 1.54) is 0 Å². The van der Waals surface area contributed by atoms with Crippen LogP contribution in [0.25, 0.3) is 11.4 Å². The Balaban J connectivity index is 1.83. The van der Waals surface area contributed by atoms with Crippen molar-refractivity contribution in [2.75, 3.05) is 19.0 Å². The quantitative estimate of drug-likeness (QED) is 0.735. The van der Waals surface area contributed by atoms with Gasteiger partial charge in [-0.15, -0.1) is 0 Å². The Morgan fingerprint density at radius 2 is 2.00 bits per heavy atom. The first-order chi connectivity index (χ1) is 11.0. The Kier molecular flexibility index (Phi) is 3.85. The molecule has 3 rings (SSSR count). The molecule has 7 nitrogen and oxygen atoms in total. The van der Waals surface area contributed by atoms with E-state index in [9.17, 15) is 0 Å². The van der Waals surface area contributed by atoms with Gasteiger partial charge in [0.1, 0.15) is 5.82 Å². The molecule has 0 aliphatic heterocycles. The van der Waals surface area contributed by atoms with Crippen molar-refractivity contribution in [3.63, 3.8) is 0 Å². The van der Waals surface area contributed by atoms with Gasteiger partial charge in [0.25, 0.3) is 0 Å². The van der Waals surface area contributed by atoms with Crippen LogP contribution in [-0.4, -0.2) is 39.0 Å². The fourth-order valence-electron chi connectivity index (χ4n) is 2.45. The van der Waals surface area contributed by atoms with Gasteiger partial charge >= 0.3 is 0 Å². The van der Waals surface area contributed by atoms with Crippen LogP contribution in [0, 0.1) is 13.8 Å². The lowest BCUT2D eigenvalue weighted by molar-refractivity contribution is 0.385. The zero-order valence-corrected chi connectivity index (χ0v) is 14.0. The molecule has 0 aliphatic carbocycles. The highest BCUT2D eigenvalue weighted by atomic mass is 16.5. The van der Waals surface area contributed by atoms with Crippen molar-refractivity contribution < 1.29 is 4.52 Å². The number of pyridine rings is 1. The number of aromatic nitrogens is 5. The molecular weight excluding hydrogens is 292 g/mol. The molecule has 7 heteroatoms. The molecule has 23 heavy (non-hydrogen) atoms. The van der Waals surface area contributed by atoms with E-state index in [0.717, 1.165) is 28.3 Å². The predicted molar refractivity (Wildman–Crippen MR) is 87.3 cm³/mol. The van der Waals surface area contributed by atoms with Gasteiger partial charge in [0, 0.05) is 44.2 Å². The smallest absolute Gasteiger partial charge is 0.231 e. The van der Waals surface area contributed by atoms with Gasteiger partial charge in [-0.2, -0.15) is 10.1 Å². The van der Waals surface area contributed by atoms with Gasteiger partial charge < -0.3 is 9.42 Å². The second kappa shape index (κ2) is 5.83. The summed E-state index contributed by atoms with van der Waals surface area (Å²) in [5.74, 6) is 2.02. The summed E-state index contributed by atoms with van der Waals surface area (Å²) in [6.45, 7) is 4.03. The Bertz CT molecular complexity index is 816. The van der Waals surface area contributed by atoms with E-state index in [1.54, 1.807) is 6.20 Å². The van der Waals surface area contributed by atoms with Gasteiger partial charge in [0.15, 0.2) is 0 Å². The van der Waals surface area contributed by atoms with Gasteiger partial charge in [-0.1, -0.05) is 5.16 Å². The highest BCUT2D eigenvalue weighted by Crippen LogP contribution is 2.20. The average molecular weight is 312 g/mol. The van der Waals surface area contributed by atoms with Crippen molar-refractivity contribution in [2.45, 2.75) is 20.3 Å². The van der Waals surface area contributed by atoms with Crippen molar-refractivity contribution in [3.8, 4) is 11.4 Å². The van der Waals surface area contributed by atoms with Crippen LogP contribution >= 0.6 is 0 Å². The van der Waals surface area contributed by atoms with Crippen molar-refractivity contribution in [1.82, 2.24) is 24.9 Å². The van der Waals surface area contributed by atoms with Crippen LogP contribution in [0.4, 0.5) is 5.82 Å². The molecule has 0 fully saturated rings. The van der Waals surface area contributed by atoms with E-state index in [1.807, 2.05) is 56.7 Å². The van der Waals surface area contributed by atoms with Crippen molar-refractivity contribution in [3.05, 3.63) is 41.2 Å². The summed E-state index contributed by atoms with van der Waals surface area (Å²) in [6, 6.07) is 3.87. The minimum atomic E-state index is 0.553. The molecule has 0 saturated heterocycles. The average Bonchev–Trinajstić information content (AvgIpc) is 3.08. The van der Waals surface area contributed by atoms with Crippen LogP contribution in [0.1, 0.15) is 22.8 Å². The molecule has 0 aliphatic rings. The van der Waals surface area contributed by atoms with Crippen LogP contribution in [-0.2, 0) is 13.5 Å². The van der Waals surface area contributed by atoms with Crippen molar-refractivity contribution in [2.24, 2.45) is 7.05 Å². The fourth-order valence-corrected chi connectivity index (χ4v) is 2.45. The number of nitrogens with zero attached hydrogens (tertiary/aromatic N) is 6. The third-order valence-electron chi connectivity index (χ3n) is 3.92. The summed E-state index contributed by atoms with van der Waals surface area (Å²) in [5, 5.41) is 8.47. The Hall–Kier alpha value is -2.70. The summed E-state index contributed by atoms with van der Waals surface area (Å²) in [6.07, 6.45) is 2.34. The molecule has 120 valence electrons. The lowest BCUT2D eigenvalue weighted by atomic mass is 10.1. The summed E-state index contributed by atoms with van der Waals surface area (Å²) >= 11 is 0. The van der Waals surface area contributed by atoms with E-state index in [0.29, 0.717) is 18.1 Å². The summed E-state index contributed by atoms with van der Waals surface area (Å²) in [7, 11) is 5.84. The van der Waals surface area contributed by atoms with Gasteiger partial charge in [-0.25, -0.2) is 4.98 Å². The number of hydrogen-bond acceptors (Lipinski definition) is 6. The first-order valence-corrected chi connectivity index (χ1v) is 7.41. The number of aryl methyl sites for hydroxylation is 2. The van der Waals surface area contributed by atoms with Crippen LogP contribution in [0.5, 0.6) is 0 Å². The first kappa shape index (κ1) is 15.2. The van der Waals surface area contributed by atoms with E-state index in [2.05, 4.69) is 20.2 Å². The summed E-state index contributed by atoms with van der Waals surface area (Å²) in [5.41, 5.74) is 4.06. The minimum Gasteiger partial charge on any atom is -0.363 e. The van der Waals surface area contributed by atoms with E-state index in [-0.39, 0.29) is 0 Å². The monoisotopic (exact) mass is 312 g/mol. The molecule has 0 N–H and O–H groups in total. The Morgan fingerprint density at radius 3 is 2.57 bits per heavy atom. The third-order valence-corrected chi connectivity index (χ3v) is 3.92. The molecule has 0 radical (unpaired) electrons. The normalized spacial score (nSPS) is 11.0. The SMILES string of the molecule is Cc1nn(C)c(C)c1Cc1nc(-c2ccc(N(C)C)nc2)no1. The summed E-state index contributed by atoms with van der Waals surface area (Å²) in [4.78, 5) is 10.8. The highest BCUT2D eigenvalue weighted by molar-refractivity contribution is 5.55. The molecule has 0 saturated carbocycles. The largest absolute Gasteiger partial charge is 0.363 e. The topological polar surface area (TPSA) is 72.9 Å². The van der Waals surface area contributed by atoms with Crippen molar-refractivity contribution >= 4 is 5.82 Å².